The van der Waals surface area contributed by atoms with Gasteiger partial charge in [-0.05, 0) is 37.6 Å². The lowest BCUT2D eigenvalue weighted by atomic mass is 10.2. The third kappa shape index (κ3) is 3.65. The van der Waals surface area contributed by atoms with E-state index in [1.807, 2.05) is 30.9 Å². The van der Waals surface area contributed by atoms with Crippen LogP contribution < -0.4 is 10.6 Å². The van der Waals surface area contributed by atoms with Gasteiger partial charge in [0.05, 0.1) is 0 Å². The largest absolute Gasteiger partial charge is 0.409 e. The monoisotopic (exact) mass is 286 g/mol. The predicted molar refractivity (Wildman–Crippen MR) is 80.2 cm³/mol. The number of nitrogens with two attached hydrogens (primary N) is 1. The van der Waals surface area contributed by atoms with Gasteiger partial charge in [0.25, 0.3) is 0 Å². The summed E-state index contributed by atoms with van der Waals surface area (Å²) in [5, 5.41) is 11.8. The van der Waals surface area contributed by atoms with E-state index >= 15 is 0 Å². The molecule has 0 aliphatic rings. The third-order valence-electron chi connectivity index (χ3n) is 3.00. The highest BCUT2D eigenvalue weighted by atomic mass is 16.4. The molecule has 0 saturated carbocycles. The molecule has 0 saturated heterocycles. The highest BCUT2D eigenvalue weighted by Gasteiger charge is 2.12. The summed E-state index contributed by atoms with van der Waals surface area (Å²) in [6, 6.07) is 5.57. The van der Waals surface area contributed by atoms with Crippen LogP contribution in [0.25, 0.3) is 0 Å². The first kappa shape index (κ1) is 14.7. The maximum atomic E-state index is 8.78. The first-order valence-electron chi connectivity index (χ1n) is 6.61. The molecule has 0 aliphatic carbocycles. The number of anilines is 1. The van der Waals surface area contributed by atoms with E-state index in [4.69, 9.17) is 10.9 Å². The molecule has 7 heteroatoms. The summed E-state index contributed by atoms with van der Waals surface area (Å²) in [5.74, 6) is 0.526. The van der Waals surface area contributed by atoms with Gasteiger partial charge in [-0.1, -0.05) is 5.16 Å². The van der Waals surface area contributed by atoms with Gasteiger partial charge in [0.15, 0.2) is 5.84 Å². The first-order chi connectivity index (χ1) is 10.1. The molecule has 7 nitrogen and oxygen atoms in total. The molecule has 0 fully saturated rings. The summed E-state index contributed by atoms with van der Waals surface area (Å²) in [4.78, 5) is 14.8. The van der Waals surface area contributed by atoms with E-state index in [1.165, 1.54) is 0 Å². The molecule has 0 spiro atoms. The van der Waals surface area contributed by atoms with Crippen molar-refractivity contribution in [3.63, 3.8) is 0 Å². The van der Waals surface area contributed by atoms with Crippen molar-refractivity contribution in [3.05, 3.63) is 47.5 Å². The number of aromatic nitrogens is 3. The molecule has 3 N–H and O–H groups in total. The van der Waals surface area contributed by atoms with Crippen molar-refractivity contribution < 1.29 is 5.21 Å². The van der Waals surface area contributed by atoms with Crippen LogP contribution in [0, 0.1) is 6.92 Å². The SMILES string of the molecule is CCN(Cc1ccncc1)c1nc(C)cc(/C(N)=N/O)n1. The fraction of sp³-hybridized carbons (Fsp3) is 0.286. The maximum Gasteiger partial charge on any atom is 0.226 e. The van der Waals surface area contributed by atoms with Gasteiger partial charge >= 0.3 is 0 Å². The van der Waals surface area contributed by atoms with E-state index in [2.05, 4.69) is 20.1 Å². The molecular formula is C14H18N6O. The Labute approximate surface area is 123 Å². The molecule has 21 heavy (non-hydrogen) atoms. The average Bonchev–Trinajstić information content (AvgIpc) is 2.52. The lowest BCUT2D eigenvalue weighted by Crippen LogP contribution is -2.26. The van der Waals surface area contributed by atoms with E-state index in [0.29, 0.717) is 18.2 Å². The zero-order valence-corrected chi connectivity index (χ0v) is 12.1. The molecular weight excluding hydrogens is 268 g/mol. The van der Waals surface area contributed by atoms with Crippen LogP contribution in [0.4, 0.5) is 5.95 Å². The van der Waals surface area contributed by atoms with E-state index in [9.17, 15) is 0 Å². The van der Waals surface area contributed by atoms with Gasteiger partial charge in [-0.15, -0.1) is 0 Å². The number of hydrogen-bond donors (Lipinski definition) is 2. The van der Waals surface area contributed by atoms with Crippen molar-refractivity contribution in [3.8, 4) is 0 Å². The number of rotatable bonds is 5. The average molecular weight is 286 g/mol. The Morgan fingerprint density at radius 2 is 2.05 bits per heavy atom. The standard InChI is InChI=1S/C14H18N6O/c1-3-20(9-11-4-6-16-7-5-11)14-17-10(2)8-12(18-14)13(15)19-21/h4-8,21H,3,9H2,1-2H3,(H2,15,19). The zero-order chi connectivity index (χ0) is 15.2. The minimum Gasteiger partial charge on any atom is -0.409 e. The van der Waals surface area contributed by atoms with Crippen LogP contribution in [0.15, 0.2) is 35.7 Å². The van der Waals surface area contributed by atoms with Crippen molar-refractivity contribution in [2.24, 2.45) is 10.9 Å². The maximum absolute atomic E-state index is 8.78. The molecule has 2 heterocycles. The van der Waals surface area contributed by atoms with Gasteiger partial charge in [0.2, 0.25) is 5.95 Å². The molecule has 0 atom stereocenters. The summed E-state index contributed by atoms with van der Waals surface area (Å²) >= 11 is 0. The molecule has 0 radical (unpaired) electrons. The van der Waals surface area contributed by atoms with Crippen LogP contribution in [0.1, 0.15) is 23.9 Å². The Morgan fingerprint density at radius 3 is 2.67 bits per heavy atom. The van der Waals surface area contributed by atoms with E-state index in [-0.39, 0.29) is 5.84 Å². The van der Waals surface area contributed by atoms with Gasteiger partial charge in [0, 0.05) is 31.2 Å². The Morgan fingerprint density at radius 1 is 1.33 bits per heavy atom. The van der Waals surface area contributed by atoms with Crippen molar-refractivity contribution in [2.45, 2.75) is 20.4 Å². The van der Waals surface area contributed by atoms with Gasteiger partial charge in [-0.25, -0.2) is 9.97 Å². The van der Waals surface area contributed by atoms with Crippen LogP contribution in [-0.2, 0) is 6.54 Å². The minimum absolute atomic E-state index is 0.0262. The number of hydrogen-bond acceptors (Lipinski definition) is 6. The minimum atomic E-state index is -0.0262. The number of nitrogens with zero attached hydrogens (tertiary/aromatic N) is 5. The number of oxime groups is 1. The number of pyridine rings is 1. The smallest absolute Gasteiger partial charge is 0.226 e. The summed E-state index contributed by atoms with van der Waals surface area (Å²) in [5.41, 5.74) is 7.89. The van der Waals surface area contributed by atoms with Gasteiger partial charge in [-0.2, -0.15) is 0 Å². The Hall–Kier alpha value is -2.70. The Bertz CT molecular complexity index is 629. The normalized spacial score (nSPS) is 11.4. The molecule has 2 rings (SSSR count). The molecule has 2 aromatic heterocycles. The third-order valence-corrected chi connectivity index (χ3v) is 3.00. The van der Waals surface area contributed by atoms with Crippen molar-refractivity contribution >= 4 is 11.8 Å². The van der Waals surface area contributed by atoms with Crippen molar-refractivity contribution in [1.82, 2.24) is 15.0 Å². The van der Waals surface area contributed by atoms with Gasteiger partial charge < -0.3 is 15.8 Å². The molecule has 0 aliphatic heterocycles. The fourth-order valence-electron chi connectivity index (χ4n) is 1.91. The second-order valence-electron chi connectivity index (χ2n) is 4.55. The van der Waals surface area contributed by atoms with Crippen molar-refractivity contribution in [1.29, 1.82) is 0 Å². The summed E-state index contributed by atoms with van der Waals surface area (Å²) in [6.07, 6.45) is 3.50. The first-order valence-corrected chi connectivity index (χ1v) is 6.61. The van der Waals surface area contributed by atoms with Crippen molar-refractivity contribution in [2.75, 3.05) is 11.4 Å². The van der Waals surface area contributed by atoms with E-state index in [1.54, 1.807) is 18.5 Å². The molecule has 0 aromatic carbocycles. The number of aryl methyl sites for hydroxylation is 1. The number of amidine groups is 1. The van der Waals surface area contributed by atoms with Gasteiger partial charge in [-0.3, -0.25) is 4.98 Å². The summed E-state index contributed by atoms with van der Waals surface area (Å²) in [7, 11) is 0. The quantitative estimate of drug-likeness (QED) is 0.372. The highest BCUT2D eigenvalue weighted by Crippen LogP contribution is 2.13. The van der Waals surface area contributed by atoms with Crippen LogP contribution >= 0.6 is 0 Å². The predicted octanol–water partition coefficient (Wildman–Crippen LogP) is 1.30. The lowest BCUT2D eigenvalue weighted by molar-refractivity contribution is 0.318. The molecule has 0 bridgehead atoms. The molecule has 0 unspecified atom stereocenters. The van der Waals surface area contributed by atoms with Crippen LogP contribution in [-0.4, -0.2) is 32.5 Å². The Kier molecular flexibility index (Phi) is 4.65. The molecule has 110 valence electrons. The summed E-state index contributed by atoms with van der Waals surface area (Å²) in [6.45, 7) is 5.27. The second kappa shape index (κ2) is 6.65. The van der Waals surface area contributed by atoms with Crippen LogP contribution in [0.3, 0.4) is 0 Å². The van der Waals surface area contributed by atoms with Gasteiger partial charge in [0.1, 0.15) is 5.69 Å². The van der Waals surface area contributed by atoms with Crippen LogP contribution in [0.2, 0.25) is 0 Å². The molecule has 0 amide bonds. The summed E-state index contributed by atoms with van der Waals surface area (Å²) < 4.78 is 0. The molecule has 2 aromatic rings. The fourth-order valence-corrected chi connectivity index (χ4v) is 1.91. The second-order valence-corrected chi connectivity index (χ2v) is 4.55. The Balaban J connectivity index is 2.31. The van der Waals surface area contributed by atoms with E-state index < -0.39 is 0 Å². The highest BCUT2D eigenvalue weighted by molar-refractivity contribution is 5.95. The van der Waals surface area contributed by atoms with E-state index in [0.717, 1.165) is 17.8 Å². The van der Waals surface area contributed by atoms with Crippen LogP contribution in [0.5, 0.6) is 0 Å². The zero-order valence-electron chi connectivity index (χ0n) is 12.1. The lowest BCUT2D eigenvalue weighted by Gasteiger charge is -2.21. The topological polar surface area (TPSA) is 101 Å².